The van der Waals surface area contributed by atoms with Crippen molar-refractivity contribution in [3.63, 3.8) is 0 Å². The van der Waals surface area contributed by atoms with Crippen LogP contribution in [0.15, 0.2) is 152 Å². The lowest BCUT2D eigenvalue weighted by molar-refractivity contribution is 1.20. The minimum absolute atomic E-state index is 1.21. The molecule has 0 aliphatic carbocycles. The summed E-state index contributed by atoms with van der Waals surface area (Å²) in [4.78, 5) is 0. The average Bonchev–Trinajstić information content (AvgIpc) is 3.38. The van der Waals surface area contributed by atoms with Gasteiger partial charge in [0.25, 0.3) is 0 Å². The van der Waals surface area contributed by atoms with Crippen LogP contribution in [0, 0.1) is 0 Å². The molecule has 41 heavy (non-hydrogen) atoms. The minimum Gasteiger partial charge on any atom is -0.309 e. The van der Waals surface area contributed by atoms with Crippen LogP contribution in [0.1, 0.15) is 0 Å². The Morgan fingerprint density at radius 2 is 0.976 bits per heavy atom. The molecule has 0 amide bonds. The van der Waals surface area contributed by atoms with Crippen LogP contribution in [0.3, 0.4) is 0 Å². The molecule has 0 unspecified atom stereocenters. The van der Waals surface area contributed by atoms with Gasteiger partial charge in [0.05, 0.1) is 16.7 Å². The molecule has 0 atom stereocenters. The van der Waals surface area contributed by atoms with Crippen LogP contribution >= 0.6 is 0 Å². The average molecular weight is 520 g/mol. The number of fused-ring (bicyclic) bond motifs is 9. The van der Waals surface area contributed by atoms with Gasteiger partial charge >= 0.3 is 0 Å². The third-order valence-electron chi connectivity index (χ3n) is 8.74. The fraction of sp³-hybridized carbons (Fsp3) is 0. The summed E-state index contributed by atoms with van der Waals surface area (Å²) in [5.41, 5.74) is 6.19. The maximum Gasteiger partial charge on any atom is 0.0547 e. The van der Waals surface area contributed by atoms with E-state index < -0.39 is 0 Å². The third-order valence-corrected chi connectivity index (χ3v) is 8.74. The number of hydrogen-bond donors (Lipinski definition) is 0. The topological polar surface area (TPSA) is 4.93 Å². The molecule has 0 bridgehead atoms. The fourth-order valence-corrected chi connectivity index (χ4v) is 6.91. The molecule has 0 aliphatic rings. The fourth-order valence-electron chi connectivity index (χ4n) is 6.91. The Hall–Kier alpha value is -5.40. The molecule has 0 aliphatic heterocycles. The molecule has 1 heteroatoms. The van der Waals surface area contributed by atoms with Crippen molar-refractivity contribution in [3.8, 4) is 16.8 Å². The monoisotopic (exact) mass is 519 g/mol. The zero-order valence-electron chi connectivity index (χ0n) is 22.4. The normalized spacial score (nSPS) is 11.9. The van der Waals surface area contributed by atoms with Gasteiger partial charge in [0, 0.05) is 16.2 Å². The highest BCUT2D eigenvalue weighted by atomic mass is 15.0. The van der Waals surface area contributed by atoms with Gasteiger partial charge in [-0.15, -0.1) is 0 Å². The first kappa shape index (κ1) is 22.4. The number of nitrogens with zero attached hydrogens (tertiary/aromatic N) is 1. The second-order valence-corrected chi connectivity index (χ2v) is 10.9. The van der Waals surface area contributed by atoms with Gasteiger partial charge in [-0.1, -0.05) is 121 Å². The maximum absolute atomic E-state index is 2.45. The Bertz CT molecular complexity index is 2470. The molecule has 1 aromatic heterocycles. The highest BCUT2D eigenvalue weighted by Gasteiger charge is 2.17. The van der Waals surface area contributed by atoms with E-state index in [-0.39, 0.29) is 0 Å². The zero-order valence-corrected chi connectivity index (χ0v) is 22.4. The number of benzene rings is 8. The van der Waals surface area contributed by atoms with E-state index in [0.717, 1.165) is 0 Å². The molecule has 0 N–H and O–H groups in total. The van der Waals surface area contributed by atoms with Gasteiger partial charge < -0.3 is 4.57 Å². The molecular weight excluding hydrogens is 494 g/mol. The molecule has 0 spiro atoms. The molecule has 0 radical (unpaired) electrons. The first-order valence-corrected chi connectivity index (χ1v) is 14.2. The summed E-state index contributed by atoms with van der Waals surface area (Å²) in [7, 11) is 0. The predicted molar refractivity (Wildman–Crippen MR) is 176 cm³/mol. The lowest BCUT2D eigenvalue weighted by atomic mass is 9.91. The van der Waals surface area contributed by atoms with Crippen LogP contribution in [-0.2, 0) is 0 Å². The van der Waals surface area contributed by atoms with E-state index in [0.29, 0.717) is 0 Å². The lowest BCUT2D eigenvalue weighted by Crippen LogP contribution is -1.95. The summed E-state index contributed by atoms with van der Waals surface area (Å²) in [6.07, 6.45) is 0. The Kier molecular flexibility index (Phi) is 4.67. The number of aromatic nitrogens is 1. The molecular formula is C40H25N. The summed E-state index contributed by atoms with van der Waals surface area (Å²) in [6.45, 7) is 0. The standard InChI is InChI=1S/C40H25N/c1-4-14-31-26(10-1)12-9-19-37(31)41-38-18-8-7-17-34(38)40-36-25-29(21-20-27(36)22-23-39(40)41)35-24-28-11-2-3-13-30(28)32-15-5-6-16-33(32)35/h1-25H. The summed E-state index contributed by atoms with van der Waals surface area (Å²) in [5, 5.41) is 12.8. The van der Waals surface area contributed by atoms with Gasteiger partial charge in [-0.2, -0.15) is 0 Å². The highest BCUT2D eigenvalue weighted by Crippen LogP contribution is 2.41. The van der Waals surface area contributed by atoms with Crippen LogP contribution in [0.25, 0.3) is 81.7 Å². The van der Waals surface area contributed by atoms with Crippen molar-refractivity contribution >= 4 is 64.9 Å². The quantitative estimate of drug-likeness (QED) is 0.200. The molecule has 0 fully saturated rings. The Balaban J connectivity index is 1.39. The molecule has 0 saturated carbocycles. The first-order valence-electron chi connectivity index (χ1n) is 14.2. The van der Waals surface area contributed by atoms with Crippen molar-refractivity contribution in [2.45, 2.75) is 0 Å². The first-order chi connectivity index (χ1) is 20.3. The minimum atomic E-state index is 1.21. The zero-order chi connectivity index (χ0) is 26.9. The van der Waals surface area contributed by atoms with E-state index in [1.807, 2.05) is 0 Å². The Morgan fingerprint density at radius 3 is 1.85 bits per heavy atom. The highest BCUT2D eigenvalue weighted by molar-refractivity contribution is 6.23. The van der Waals surface area contributed by atoms with Gasteiger partial charge in [-0.25, -0.2) is 0 Å². The van der Waals surface area contributed by atoms with E-state index in [2.05, 4.69) is 156 Å². The van der Waals surface area contributed by atoms with Crippen LogP contribution in [0.5, 0.6) is 0 Å². The Labute approximate surface area is 237 Å². The largest absolute Gasteiger partial charge is 0.309 e. The molecule has 190 valence electrons. The lowest BCUT2D eigenvalue weighted by Gasteiger charge is -2.13. The predicted octanol–water partition coefficient (Wildman–Crippen LogP) is 11.1. The van der Waals surface area contributed by atoms with E-state index in [1.54, 1.807) is 0 Å². The SMILES string of the molecule is c1ccc2c(-n3c4ccccc4c4c5cc(-c6cc7ccccc7c7ccccc67)ccc5ccc43)cccc2c1. The maximum atomic E-state index is 2.45. The third kappa shape index (κ3) is 3.24. The smallest absolute Gasteiger partial charge is 0.0547 e. The van der Waals surface area contributed by atoms with Crippen molar-refractivity contribution in [1.29, 1.82) is 0 Å². The van der Waals surface area contributed by atoms with Gasteiger partial charge in [-0.05, 0) is 79.2 Å². The van der Waals surface area contributed by atoms with Gasteiger partial charge in [0.2, 0.25) is 0 Å². The molecule has 8 aromatic carbocycles. The van der Waals surface area contributed by atoms with Crippen LogP contribution in [0.2, 0.25) is 0 Å². The van der Waals surface area contributed by atoms with Crippen LogP contribution in [0.4, 0.5) is 0 Å². The number of hydrogen-bond acceptors (Lipinski definition) is 0. The van der Waals surface area contributed by atoms with E-state index in [1.165, 1.54) is 81.7 Å². The second-order valence-electron chi connectivity index (χ2n) is 10.9. The van der Waals surface area contributed by atoms with Gasteiger partial charge in [0.1, 0.15) is 0 Å². The second kappa shape index (κ2) is 8.55. The Morgan fingerprint density at radius 1 is 0.341 bits per heavy atom. The van der Waals surface area contributed by atoms with Crippen LogP contribution in [-0.4, -0.2) is 4.57 Å². The summed E-state index contributed by atoms with van der Waals surface area (Å²) < 4.78 is 2.45. The van der Waals surface area contributed by atoms with Crippen molar-refractivity contribution in [3.05, 3.63) is 152 Å². The number of rotatable bonds is 2. The summed E-state index contributed by atoms with van der Waals surface area (Å²) in [6, 6.07) is 55.6. The van der Waals surface area contributed by atoms with Gasteiger partial charge in [0.15, 0.2) is 0 Å². The number of para-hydroxylation sites is 1. The summed E-state index contributed by atoms with van der Waals surface area (Å²) in [5.74, 6) is 0. The molecule has 0 saturated heterocycles. The van der Waals surface area contributed by atoms with E-state index in [4.69, 9.17) is 0 Å². The van der Waals surface area contributed by atoms with Crippen molar-refractivity contribution < 1.29 is 0 Å². The van der Waals surface area contributed by atoms with Crippen molar-refractivity contribution in [2.75, 3.05) is 0 Å². The molecule has 9 aromatic rings. The summed E-state index contributed by atoms with van der Waals surface area (Å²) >= 11 is 0. The van der Waals surface area contributed by atoms with E-state index >= 15 is 0 Å². The van der Waals surface area contributed by atoms with Crippen LogP contribution < -0.4 is 0 Å². The van der Waals surface area contributed by atoms with Crippen molar-refractivity contribution in [1.82, 2.24) is 4.57 Å². The van der Waals surface area contributed by atoms with Crippen molar-refractivity contribution in [2.24, 2.45) is 0 Å². The van der Waals surface area contributed by atoms with Gasteiger partial charge in [-0.3, -0.25) is 0 Å². The van der Waals surface area contributed by atoms with E-state index in [9.17, 15) is 0 Å². The molecule has 1 heterocycles. The molecule has 9 rings (SSSR count). The molecule has 1 nitrogen and oxygen atoms in total.